The molecule has 0 spiro atoms. The molecule has 0 aromatic carbocycles. The van der Waals surface area contributed by atoms with Gasteiger partial charge in [0, 0.05) is 6.20 Å². The summed E-state index contributed by atoms with van der Waals surface area (Å²) in [7, 11) is 0. The van der Waals surface area contributed by atoms with E-state index in [0.717, 1.165) is 5.56 Å². The van der Waals surface area contributed by atoms with Gasteiger partial charge in [-0.05, 0) is 24.6 Å². The highest BCUT2D eigenvalue weighted by atomic mass is 16.3. The Balaban J connectivity index is 2.98. The second-order valence-corrected chi connectivity index (χ2v) is 2.29. The highest BCUT2D eigenvalue weighted by Crippen LogP contribution is 2.08. The Bertz CT molecular complexity index is 290. The maximum atomic E-state index is 9.03. The summed E-state index contributed by atoms with van der Waals surface area (Å²) in [4.78, 5) is 3.84. The van der Waals surface area contributed by atoms with Crippen molar-refractivity contribution in [1.29, 1.82) is 5.26 Å². The van der Waals surface area contributed by atoms with Gasteiger partial charge in [-0.15, -0.1) is 0 Å². The van der Waals surface area contributed by atoms with Gasteiger partial charge in [0.15, 0.2) is 6.10 Å². The topological polar surface area (TPSA) is 56.9 Å². The standard InChI is InChI=1S/C8H8N2O/c1-6-2-3-10-7(4-6)8(11)5-9/h2-4,8,11H,1H3. The summed E-state index contributed by atoms with van der Waals surface area (Å²) >= 11 is 0. The minimum absolute atomic E-state index is 0.410. The Kier molecular flexibility index (Phi) is 2.19. The van der Waals surface area contributed by atoms with Crippen LogP contribution in [0.1, 0.15) is 17.4 Å². The lowest BCUT2D eigenvalue weighted by Gasteiger charge is -2.00. The van der Waals surface area contributed by atoms with Crippen LogP contribution in [0.2, 0.25) is 0 Å². The molecule has 3 heteroatoms. The fourth-order valence-electron chi connectivity index (χ4n) is 0.775. The summed E-state index contributed by atoms with van der Waals surface area (Å²) < 4.78 is 0. The molecule has 56 valence electrons. The summed E-state index contributed by atoms with van der Waals surface area (Å²) in [5.74, 6) is 0. The van der Waals surface area contributed by atoms with Gasteiger partial charge < -0.3 is 5.11 Å². The molecule has 0 bridgehead atoms. The highest BCUT2D eigenvalue weighted by molar-refractivity contribution is 5.19. The van der Waals surface area contributed by atoms with Crippen molar-refractivity contribution in [3.63, 3.8) is 0 Å². The monoisotopic (exact) mass is 148 g/mol. The smallest absolute Gasteiger partial charge is 0.182 e. The molecule has 0 fully saturated rings. The summed E-state index contributed by atoms with van der Waals surface area (Å²) in [6.45, 7) is 1.88. The summed E-state index contributed by atoms with van der Waals surface area (Å²) in [5, 5.41) is 17.4. The quantitative estimate of drug-likeness (QED) is 0.603. The van der Waals surface area contributed by atoms with Crippen molar-refractivity contribution in [2.24, 2.45) is 0 Å². The molecule has 0 aliphatic rings. The fourth-order valence-corrected chi connectivity index (χ4v) is 0.775. The second-order valence-electron chi connectivity index (χ2n) is 2.29. The van der Waals surface area contributed by atoms with Gasteiger partial charge in [-0.1, -0.05) is 0 Å². The second kappa shape index (κ2) is 3.13. The number of hydrogen-bond donors (Lipinski definition) is 1. The van der Waals surface area contributed by atoms with E-state index in [1.54, 1.807) is 18.3 Å². The largest absolute Gasteiger partial charge is 0.373 e. The molecule has 1 rings (SSSR count). The molecule has 11 heavy (non-hydrogen) atoms. The molecular formula is C8H8N2O. The zero-order valence-electron chi connectivity index (χ0n) is 6.15. The Morgan fingerprint density at radius 3 is 3.00 bits per heavy atom. The molecule has 1 N–H and O–H groups in total. The van der Waals surface area contributed by atoms with Crippen LogP contribution in [0.4, 0.5) is 0 Å². The summed E-state index contributed by atoms with van der Waals surface area (Å²) in [5.41, 5.74) is 1.40. The van der Waals surface area contributed by atoms with E-state index in [4.69, 9.17) is 10.4 Å². The van der Waals surface area contributed by atoms with Gasteiger partial charge in [0.2, 0.25) is 0 Å². The number of pyridine rings is 1. The predicted molar refractivity (Wildman–Crippen MR) is 39.5 cm³/mol. The van der Waals surface area contributed by atoms with Crippen LogP contribution in [0.25, 0.3) is 0 Å². The third kappa shape index (κ3) is 1.76. The zero-order valence-corrected chi connectivity index (χ0v) is 6.15. The van der Waals surface area contributed by atoms with Gasteiger partial charge in [-0.3, -0.25) is 4.98 Å². The fraction of sp³-hybridized carbons (Fsp3) is 0.250. The van der Waals surface area contributed by atoms with Crippen molar-refractivity contribution in [2.75, 3.05) is 0 Å². The number of hydrogen-bond acceptors (Lipinski definition) is 3. The third-order valence-electron chi connectivity index (χ3n) is 1.34. The molecule has 3 nitrogen and oxygen atoms in total. The van der Waals surface area contributed by atoms with E-state index in [2.05, 4.69) is 4.98 Å². The first kappa shape index (κ1) is 7.70. The Hall–Kier alpha value is -1.40. The van der Waals surface area contributed by atoms with Crippen molar-refractivity contribution in [1.82, 2.24) is 4.98 Å². The molecule has 1 atom stereocenters. The van der Waals surface area contributed by atoms with Crippen LogP contribution in [0.15, 0.2) is 18.3 Å². The number of aliphatic hydroxyl groups is 1. The molecule has 0 aliphatic heterocycles. The van der Waals surface area contributed by atoms with E-state index in [9.17, 15) is 0 Å². The minimum Gasteiger partial charge on any atom is -0.373 e. The predicted octanol–water partition coefficient (Wildman–Crippen LogP) is 0.947. The Labute approximate surface area is 64.9 Å². The average molecular weight is 148 g/mol. The number of rotatable bonds is 1. The van der Waals surface area contributed by atoms with E-state index in [0.29, 0.717) is 5.69 Å². The van der Waals surface area contributed by atoms with Crippen molar-refractivity contribution < 1.29 is 5.11 Å². The van der Waals surface area contributed by atoms with Crippen molar-refractivity contribution in [3.8, 4) is 6.07 Å². The van der Waals surface area contributed by atoms with E-state index < -0.39 is 6.10 Å². The van der Waals surface area contributed by atoms with E-state index in [-0.39, 0.29) is 0 Å². The third-order valence-corrected chi connectivity index (χ3v) is 1.34. The molecule has 1 aromatic heterocycles. The molecule has 1 unspecified atom stereocenters. The lowest BCUT2D eigenvalue weighted by molar-refractivity contribution is 0.231. The lowest BCUT2D eigenvalue weighted by Crippen LogP contribution is -1.96. The molecule has 0 aliphatic carbocycles. The van der Waals surface area contributed by atoms with E-state index in [1.807, 2.05) is 13.0 Å². The van der Waals surface area contributed by atoms with Gasteiger partial charge in [0.05, 0.1) is 5.69 Å². The van der Waals surface area contributed by atoms with Crippen molar-refractivity contribution in [2.45, 2.75) is 13.0 Å². The molecule has 1 heterocycles. The van der Waals surface area contributed by atoms with Crippen LogP contribution in [-0.4, -0.2) is 10.1 Å². The van der Waals surface area contributed by atoms with Crippen LogP contribution in [0.5, 0.6) is 0 Å². The molecule has 0 saturated carbocycles. The van der Waals surface area contributed by atoms with Crippen molar-refractivity contribution in [3.05, 3.63) is 29.6 Å². The number of nitriles is 1. The zero-order chi connectivity index (χ0) is 8.27. The van der Waals surface area contributed by atoms with Crippen molar-refractivity contribution >= 4 is 0 Å². The highest BCUT2D eigenvalue weighted by Gasteiger charge is 2.05. The first-order valence-corrected chi connectivity index (χ1v) is 3.24. The molecule has 0 saturated heterocycles. The van der Waals surface area contributed by atoms with Crippen LogP contribution in [0, 0.1) is 18.3 Å². The normalized spacial score (nSPS) is 12.1. The van der Waals surface area contributed by atoms with Gasteiger partial charge in [-0.2, -0.15) is 5.26 Å². The number of aliphatic hydroxyl groups excluding tert-OH is 1. The minimum atomic E-state index is -1.10. The van der Waals surface area contributed by atoms with Crippen LogP contribution >= 0.6 is 0 Å². The molecular weight excluding hydrogens is 140 g/mol. The Morgan fingerprint density at radius 1 is 1.73 bits per heavy atom. The van der Waals surface area contributed by atoms with E-state index in [1.165, 1.54) is 0 Å². The number of aromatic nitrogens is 1. The van der Waals surface area contributed by atoms with Gasteiger partial charge in [0.1, 0.15) is 6.07 Å². The lowest BCUT2D eigenvalue weighted by atomic mass is 10.2. The van der Waals surface area contributed by atoms with Crippen LogP contribution < -0.4 is 0 Å². The first-order valence-electron chi connectivity index (χ1n) is 3.24. The molecule has 0 radical (unpaired) electrons. The summed E-state index contributed by atoms with van der Waals surface area (Å²) in [6, 6.07) is 5.20. The number of nitrogens with zero attached hydrogens (tertiary/aromatic N) is 2. The first-order chi connectivity index (χ1) is 5.24. The SMILES string of the molecule is Cc1ccnc(C(O)C#N)c1. The molecule has 1 aromatic rings. The average Bonchev–Trinajstić information content (AvgIpc) is 2.03. The maximum Gasteiger partial charge on any atom is 0.182 e. The van der Waals surface area contributed by atoms with Gasteiger partial charge in [0.25, 0.3) is 0 Å². The van der Waals surface area contributed by atoms with E-state index >= 15 is 0 Å². The molecule has 0 amide bonds. The van der Waals surface area contributed by atoms with Crippen LogP contribution in [-0.2, 0) is 0 Å². The number of aryl methyl sites for hydroxylation is 1. The van der Waals surface area contributed by atoms with Gasteiger partial charge in [-0.25, -0.2) is 0 Å². The summed E-state index contributed by atoms with van der Waals surface area (Å²) in [6.07, 6.45) is 0.473. The van der Waals surface area contributed by atoms with Gasteiger partial charge >= 0.3 is 0 Å². The Morgan fingerprint density at radius 2 is 2.45 bits per heavy atom. The van der Waals surface area contributed by atoms with Crippen LogP contribution in [0.3, 0.4) is 0 Å². The maximum absolute atomic E-state index is 9.03.